The van der Waals surface area contributed by atoms with Crippen molar-refractivity contribution in [1.29, 1.82) is 0 Å². The van der Waals surface area contributed by atoms with Crippen LogP contribution >= 0.6 is 11.3 Å². The average molecular weight is 323 g/mol. The number of fused-ring (bicyclic) bond motifs is 1. The summed E-state index contributed by atoms with van der Waals surface area (Å²) in [6, 6.07) is 4.39. The number of carbonyl (C=O) groups excluding carboxylic acids is 1. The lowest BCUT2D eigenvalue weighted by Crippen LogP contribution is -2.39. The molecule has 0 saturated carbocycles. The lowest BCUT2D eigenvalue weighted by molar-refractivity contribution is 0.0941. The third-order valence-corrected chi connectivity index (χ3v) is 5.60. The van der Waals surface area contributed by atoms with E-state index in [2.05, 4.69) is 29.3 Å². The van der Waals surface area contributed by atoms with Crippen LogP contribution in [0, 0.1) is 18.8 Å². The molecule has 0 aromatic carbocycles. The van der Waals surface area contributed by atoms with Crippen LogP contribution in [0.4, 0.5) is 4.79 Å². The van der Waals surface area contributed by atoms with Gasteiger partial charge in [0, 0.05) is 61.9 Å². The molecule has 5 nitrogen and oxygen atoms in total. The van der Waals surface area contributed by atoms with Gasteiger partial charge in [-0.2, -0.15) is 0 Å². The first-order chi connectivity index (χ1) is 10.5. The molecule has 3 heterocycles. The van der Waals surface area contributed by atoms with Gasteiger partial charge in [-0.1, -0.05) is 0 Å². The lowest BCUT2D eigenvalue weighted by atomic mass is 9.93. The molecule has 0 radical (unpaired) electrons. The molecule has 1 aromatic rings. The van der Waals surface area contributed by atoms with E-state index in [1.54, 1.807) is 19.0 Å². The highest BCUT2D eigenvalue weighted by molar-refractivity contribution is 7.11. The predicted molar refractivity (Wildman–Crippen MR) is 88.1 cm³/mol. The fraction of sp³-hybridized carbons (Fsp3) is 0.688. The van der Waals surface area contributed by atoms with Gasteiger partial charge in [0.15, 0.2) is 0 Å². The highest BCUT2D eigenvalue weighted by atomic mass is 32.1. The first-order valence-electron chi connectivity index (χ1n) is 7.87. The van der Waals surface area contributed by atoms with E-state index >= 15 is 0 Å². The molecule has 6 heteroatoms. The van der Waals surface area contributed by atoms with Crippen molar-refractivity contribution in [3.8, 4) is 0 Å². The van der Waals surface area contributed by atoms with Gasteiger partial charge in [0.1, 0.15) is 0 Å². The Balaban J connectivity index is 1.51. The zero-order valence-corrected chi connectivity index (χ0v) is 14.4. The largest absolute Gasteiger partial charge is 0.376 e. The molecule has 2 amide bonds. The van der Waals surface area contributed by atoms with Crippen LogP contribution in [0.5, 0.6) is 0 Å². The second kappa shape index (κ2) is 6.56. The molecule has 3 rings (SSSR count). The second-order valence-corrected chi connectivity index (χ2v) is 7.96. The van der Waals surface area contributed by atoms with Gasteiger partial charge in [-0.15, -0.1) is 11.3 Å². The van der Waals surface area contributed by atoms with Crippen LogP contribution in [-0.4, -0.2) is 62.3 Å². The zero-order valence-electron chi connectivity index (χ0n) is 13.5. The van der Waals surface area contributed by atoms with Crippen molar-refractivity contribution in [3.63, 3.8) is 0 Å². The maximum atomic E-state index is 11.7. The molecule has 1 N–H and O–H groups in total. The Bertz CT molecular complexity index is 531. The van der Waals surface area contributed by atoms with Crippen molar-refractivity contribution in [2.24, 2.45) is 11.8 Å². The summed E-state index contributed by atoms with van der Waals surface area (Å²) in [5, 5.41) is 3.00. The van der Waals surface area contributed by atoms with Gasteiger partial charge in [-0.05, 0) is 19.1 Å². The summed E-state index contributed by atoms with van der Waals surface area (Å²) in [7, 11) is 3.53. The molecule has 0 spiro atoms. The molecule has 1 aromatic heterocycles. The first kappa shape index (κ1) is 15.8. The number of likely N-dealkylation sites (tertiary alicyclic amines) is 1. The van der Waals surface area contributed by atoms with E-state index in [-0.39, 0.29) is 6.03 Å². The Morgan fingerprint density at radius 2 is 2.27 bits per heavy atom. The normalized spacial score (nSPS) is 27.9. The zero-order chi connectivity index (χ0) is 15.7. The number of amides is 2. The highest BCUT2D eigenvalue weighted by Crippen LogP contribution is 2.34. The summed E-state index contributed by atoms with van der Waals surface area (Å²) in [5.41, 5.74) is 0. The number of aryl methyl sites for hydroxylation is 1. The summed E-state index contributed by atoms with van der Waals surface area (Å²) >= 11 is 1.88. The quantitative estimate of drug-likeness (QED) is 0.918. The Labute approximate surface area is 136 Å². The van der Waals surface area contributed by atoms with E-state index in [0.29, 0.717) is 24.5 Å². The highest BCUT2D eigenvalue weighted by Gasteiger charge is 2.43. The van der Waals surface area contributed by atoms with Gasteiger partial charge in [-0.3, -0.25) is 4.90 Å². The minimum atomic E-state index is -0.0210. The Kier molecular flexibility index (Phi) is 4.70. The van der Waals surface area contributed by atoms with Crippen molar-refractivity contribution in [2.75, 3.05) is 40.3 Å². The Hall–Kier alpha value is -1.11. The standard InChI is InChI=1S/C16H25N3O2S/c1-11-4-5-13(22-11)7-19-8-14-12(10-21-15(14)9-19)6-17-16(20)18(2)3/h4-5,12,14-15H,6-10H2,1-3H3,(H,17,20)/t12-,14+,15+/m0/s1. The van der Waals surface area contributed by atoms with Gasteiger partial charge in [0.2, 0.25) is 0 Å². The molecular formula is C16H25N3O2S. The van der Waals surface area contributed by atoms with Gasteiger partial charge < -0.3 is 15.0 Å². The molecule has 3 atom stereocenters. The molecule has 2 aliphatic rings. The number of hydrogen-bond donors (Lipinski definition) is 1. The van der Waals surface area contributed by atoms with Crippen molar-refractivity contribution < 1.29 is 9.53 Å². The summed E-state index contributed by atoms with van der Waals surface area (Å²) < 4.78 is 5.95. The first-order valence-corrected chi connectivity index (χ1v) is 8.69. The van der Waals surface area contributed by atoms with Gasteiger partial charge in [0.05, 0.1) is 12.7 Å². The smallest absolute Gasteiger partial charge is 0.316 e. The van der Waals surface area contributed by atoms with Crippen LogP contribution in [0.15, 0.2) is 12.1 Å². The number of urea groups is 1. The van der Waals surface area contributed by atoms with E-state index in [0.717, 1.165) is 26.2 Å². The Morgan fingerprint density at radius 3 is 2.95 bits per heavy atom. The average Bonchev–Trinajstić information content (AvgIpc) is 3.13. The van der Waals surface area contributed by atoms with Crippen LogP contribution in [0.1, 0.15) is 9.75 Å². The number of ether oxygens (including phenoxy) is 1. The maximum absolute atomic E-state index is 11.7. The van der Waals surface area contributed by atoms with Crippen LogP contribution in [0.25, 0.3) is 0 Å². The monoisotopic (exact) mass is 323 g/mol. The Morgan fingerprint density at radius 1 is 1.45 bits per heavy atom. The number of nitrogens with zero attached hydrogens (tertiary/aromatic N) is 2. The SMILES string of the molecule is Cc1ccc(CN2C[C@@H]3[C@@H](CNC(=O)N(C)C)CO[C@@H]3C2)s1. The van der Waals surface area contributed by atoms with Crippen LogP contribution < -0.4 is 5.32 Å². The van der Waals surface area contributed by atoms with E-state index < -0.39 is 0 Å². The van der Waals surface area contributed by atoms with Gasteiger partial charge in [-0.25, -0.2) is 4.79 Å². The van der Waals surface area contributed by atoms with Crippen LogP contribution in [0.2, 0.25) is 0 Å². The lowest BCUT2D eigenvalue weighted by Gasteiger charge is -2.20. The molecule has 22 heavy (non-hydrogen) atoms. The minimum absolute atomic E-state index is 0.0210. The maximum Gasteiger partial charge on any atom is 0.316 e. The van der Waals surface area contributed by atoms with E-state index in [9.17, 15) is 4.79 Å². The van der Waals surface area contributed by atoms with Crippen LogP contribution in [0.3, 0.4) is 0 Å². The summed E-state index contributed by atoms with van der Waals surface area (Å²) in [5.74, 6) is 0.979. The molecule has 2 fully saturated rings. The van der Waals surface area contributed by atoms with Crippen molar-refractivity contribution in [1.82, 2.24) is 15.1 Å². The third-order valence-electron chi connectivity index (χ3n) is 4.61. The fourth-order valence-corrected chi connectivity index (χ4v) is 4.32. The van der Waals surface area contributed by atoms with Crippen molar-refractivity contribution >= 4 is 17.4 Å². The molecule has 0 unspecified atom stereocenters. The minimum Gasteiger partial charge on any atom is -0.376 e. The van der Waals surface area contributed by atoms with Gasteiger partial charge in [0.25, 0.3) is 0 Å². The predicted octanol–water partition coefficient (Wildman–Crippen LogP) is 1.77. The molecule has 0 bridgehead atoms. The van der Waals surface area contributed by atoms with E-state index in [1.165, 1.54) is 9.75 Å². The summed E-state index contributed by atoms with van der Waals surface area (Å²) in [6.45, 7) is 6.74. The number of hydrogen-bond acceptors (Lipinski definition) is 4. The second-order valence-electron chi connectivity index (χ2n) is 6.58. The molecule has 0 aliphatic carbocycles. The van der Waals surface area contributed by atoms with E-state index in [4.69, 9.17) is 4.74 Å². The third kappa shape index (κ3) is 3.45. The fourth-order valence-electron chi connectivity index (χ4n) is 3.39. The van der Waals surface area contributed by atoms with E-state index in [1.807, 2.05) is 11.3 Å². The molecular weight excluding hydrogens is 298 g/mol. The topological polar surface area (TPSA) is 44.8 Å². The van der Waals surface area contributed by atoms with Crippen molar-refractivity contribution in [2.45, 2.75) is 19.6 Å². The molecule has 2 aliphatic heterocycles. The summed E-state index contributed by atoms with van der Waals surface area (Å²) in [6.07, 6.45) is 0.335. The van der Waals surface area contributed by atoms with Crippen molar-refractivity contribution in [3.05, 3.63) is 21.9 Å². The molecule has 122 valence electrons. The van der Waals surface area contributed by atoms with Gasteiger partial charge >= 0.3 is 6.03 Å². The number of thiophene rings is 1. The summed E-state index contributed by atoms with van der Waals surface area (Å²) in [4.78, 5) is 18.5. The number of rotatable bonds is 4. The van der Waals surface area contributed by atoms with Crippen LogP contribution in [-0.2, 0) is 11.3 Å². The number of nitrogens with one attached hydrogen (secondary N) is 1. The molecule has 2 saturated heterocycles. The number of carbonyl (C=O) groups is 1.